The Hall–Kier alpha value is -2.77. The van der Waals surface area contributed by atoms with Gasteiger partial charge in [0.1, 0.15) is 5.75 Å². The van der Waals surface area contributed by atoms with Crippen molar-refractivity contribution in [3.8, 4) is 5.75 Å². The lowest BCUT2D eigenvalue weighted by molar-refractivity contribution is 0.510. The second-order valence-electron chi connectivity index (χ2n) is 6.46. The number of ether oxygens (including phenoxy) is 1. The van der Waals surface area contributed by atoms with Gasteiger partial charge in [0.05, 0.1) is 5.03 Å². The standard InChI is InChI=1S/C24H19ClO/c1-16-10-6-7-13-19(16)22-17(2)23(25)24(18-11-4-3-5-12-18)26-21-15-9-8-14-20(21)22/h3-15,22H,2H2,1H3. The zero-order valence-electron chi connectivity index (χ0n) is 14.6. The highest BCUT2D eigenvalue weighted by atomic mass is 35.5. The normalized spacial score (nSPS) is 16.7. The van der Waals surface area contributed by atoms with Gasteiger partial charge in [0, 0.05) is 17.0 Å². The van der Waals surface area contributed by atoms with Crippen LogP contribution in [-0.4, -0.2) is 0 Å². The smallest absolute Gasteiger partial charge is 0.153 e. The molecule has 2 heteroatoms. The number of halogens is 1. The van der Waals surface area contributed by atoms with Crippen molar-refractivity contribution < 1.29 is 4.74 Å². The van der Waals surface area contributed by atoms with Gasteiger partial charge in [-0.3, -0.25) is 0 Å². The third-order valence-corrected chi connectivity index (χ3v) is 5.22. The molecule has 0 aromatic heterocycles. The number of allylic oxidation sites excluding steroid dienone is 2. The van der Waals surface area contributed by atoms with E-state index < -0.39 is 0 Å². The molecule has 1 heterocycles. The van der Waals surface area contributed by atoms with Crippen LogP contribution in [0.25, 0.3) is 5.76 Å². The van der Waals surface area contributed by atoms with E-state index in [-0.39, 0.29) is 5.92 Å². The van der Waals surface area contributed by atoms with Gasteiger partial charge in [0.2, 0.25) is 0 Å². The molecule has 0 spiro atoms. The molecule has 1 atom stereocenters. The molecule has 0 fully saturated rings. The molecule has 1 nitrogen and oxygen atoms in total. The summed E-state index contributed by atoms with van der Waals surface area (Å²) in [5.74, 6) is 1.43. The Kier molecular flexibility index (Phi) is 4.40. The lowest BCUT2D eigenvalue weighted by Crippen LogP contribution is -2.05. The molecule has 0 aliphatic carbocycles. The van der Waals surface area contributed by atoms with Crippen molar-refractivity contribution in [2.75, 3.05) is 0 Å². The third-order valence-electron chi connectivity index (χ3n) is 4.81. The van der Waals surface area contributed by atoms with E-state index in [2.05, 4.69) is 37.8 Å². The molecule has 3 aromatic carbocycles. The van der Waals surface area contributed by atoms with Crippen LogP contribution in [0.1, 0.15) is 28.2 Å². The summed E-state index contributed by atoms with van der Waals surface area (Å²) in [6.45, 7) is 6.48. The van der Waals surface area contributed by atoms with Gasteiger partial charge in [0.25, 0.3) is 0 Å². The summed E-state index contributed by atoms with van der Waals surface area (Å²) >= 11 is 6.81. The molecule has 26 heavy (non-hydrogen) atoms. The predicted octanol–water partition coefficient (Wildman–Crippen LogP) is 6.68. The second-order valence-corrected chi connectivity index (χ2v) is 6.84. The fourth-order valence-corrected chi connectivity index (χ4v) is 3.72. The lowest BCUT2D eigenvalue weighted by atomic mass is 9.83. The molecule has 1 aliphatic heterocycles. The van der Waals surface area contributed by atoms with Crippen LogP contribution >= 0.6 is 11.6 Å². The van der Waals surface area contributed by atoms with E-state index in [0.29, 0.717) is 10.8 Å². The summed E-state index contributed by atoms with van der Waals surface area (Å²) in [4.78, 5) is 0. The van der Waals surface area contributed by atoms with Crippen molar-refractivity contribution >= 4 is 17.4 Å². The number of benzene rings is 3. The summed E-state index contributed by atoms with van der Waals surface area (Å²) in [7, 11) is 0. The summed E-state index contributed by atoms with van der Waals surface area (Å²) < 4.78 is 6.30. The van der Waals surface area contributed by atoms with Crippen LogP contribution < -0.4 is 4.74 Å². The topological polar surface area (TPSA) is 9.23 Å². The van der Waals surface area contributed by atoms with E-state index in [4.69, 9.17) is 16.3 Å². The Morgan fingerprint density at radius 2 is 1.42 bits per heavy atom. The first-order valence-corrected chi connectivity index (χ1v) is 9.01. The Bertz CT molecular complexity index is 1000. The number of aryl methyl sites for hydroxylation is 1. The zero-order valence-corrected chi connectivity index (χ0v) is 15.3. The first-order chi connectivity index (χ1) is 12.7. The van der Waals surface area contributed by atoms with Crippen molar-refractivity contribution in [3.05, 3.63) is 118 Å². The molecule has 0 saturated carbocycles. The molecule has 4 rings (SSSR count). The van der Waals surface area contributed by atoms with E-state index in [9.17, 15) is 0 Å². The third kappa shape index (κ3) is 2.85. The number of hydrogen-bond acceptors (Lipinski definition) is 1. The molecule has 3 aromatic rings. The molecule has 0 radical (unpaired) electrons. The van der Waals surface area contributed by atoms with Crippen LogP contribution in [0.15, 0.2) is 96.0 Å². The van der Waals surface area contributed by atoms with E-state index >= 15 is 0 Å². The fourth-order valence-electron chi connectivity index (χ4n) is 3.47. The molecule has 0 bridgehead atoms. The Morgan fingerprint density at radius 1 is 0.808 bits per heavy atom. The van der Waals surface area contributed by atoms with Gasteiger partial charge >= 0.3 is 0 Å². The van der Waals surface area contributed by atoms with Crippen LogP contribution in [0, 0.1) is 6.92 Å². The minimum absolute atomic E-state index is 0.0406. The van der Waals surface area contributed by atoms with Gasteiger partial charge < -0.3 is 4.74 Å². The molecule has 1 aliphatic rings. The summed E-state index contributed by atoms with van der Waals surface area (Å²) in [5.41, 5.74) is 5.28. The SMILES string of the molecule is C=C1C(Cl)=C(c2ccccc2)Oc2ccccc2C1c1ccccc1C. The maximum absolute atomic E-state index is 6.81. The van der Waals surface area contributed by atoms with Gasteiger partial charge in [0.15, 0.2) is 5.76 Å². The van der Waals surface area contributed by atoms with Gasteiger partial charge in [-0.2, -0.15) is 0 Å². The minimum Gasteiger partial charge on any atom is -0.455 e. The van der Waals surface area contributed by atoms with Crippen LogP contribution in [-0.2, 0) is 0 Å². The minimum atomic E-state index is -0.0406. The van der Waals surface area contributed by atoms with Crippen molar-refractivity contribution in [1.82, 2.24) is 0 Å². The van der Waals surface area contributed by atoms with E-state index in [1.807, 2.05) is 54.6 Å². The van der Waals surface area contributed by atoms with E-state index in [1.54, 1.807) is 0 Å². The van der Waals surface area contributed by atoms with Crippen LogP contribution in [0.2, 0.25) is 0 Å². The average Bonchev–Trinajstić information content (AvgIpc) is 2.79. The second kappa shape index (κ2) is 6.86. The van der Waals surface area contributed by atoms with Crippen LogP contribution in [0.5, 0.6) is 5.75 Å². The Labute approximate surface area is 159 Å². The van der Waals surface area contributed by atoms with Crippen molar-refractivity contribution in [2.45, 2.75) is 12.8 Å². The highest BCUT2D eigenvalue weighted by Gasteiger charge is 2.30. The number of rotatable bonds is 2. The van der Waals surface area contributed by atoms with Gasteiger partial charge in [-0.05, 0) is 29.7 Å². The quantitative estimate of drug-likeness (QED) is 0.496. The molecule has 1 unspecified atom stereocenters. The molecule has 0 amide bonds. The van der Waals surface area contributed by atoms with Crippen molar-refractivity contribution in [1.29, 1.82) is 0 Å². The summed E-state index contributed by atoms with van der Waals surface area (Å²) in [6, 6.07) is 26.4. The first-order valence-electron chi connectivity index (χ1n) is 8.63. The Morgan fingerprint density at radius 3 is 2.15 bits per heavy atom. The van der Waals surface area contributed by atoms with Crippen LogP contribution in [0.4, 0.5) is 0 Å². The maximum atomic E-state index is 6.81. The molecule has 0 N–H and O–H groups in total. The summed E-state index contributed by atoms with van der Waals surface area (Å²) in [6.07, 6.45) is 0. The zero-order chi connectivity index (χ0) is 18.1. The monoisotopic (exact) mass is 358 g/mol. The van der Waals surface area contributed by atoms with Crippen LogP contribution in [0.3, 0.4) is 0 Å². The van der Waals surface area contributed by atoms with Gasteiger partial charge in [-0.15, -0.1) is 0 Å². The number of para-hydroxylation sites is 1. The average molecular weight is 359 g/mol. The Balaban J connectivity index is 1.96. The highest BCUT2D eigenvalue weighted by molar-refractivity contribution is 6.35. The van der Waals surface area contributed by atoms with Crippen molar-refractivity contribution in [2.24, 2.45) is 0 Å². The lowest BCUT2D eigenvalue weighted by Gasteiger charge is -2.21. The van der Waals surface area contributed by atoms with Gasteiger partial charge in [-0.1, -0.05) is 91.0 Å². The highest BCUT2D eigenvalue weighted by Crippen LogP contribution is 2.46. The molecular weight excluding hydrogens is 340 g/mol. The number of fused-ring (bicyclic) bond motifs is 1. The number of hydrogen-bond donors (Lipinski definition) is 0. The molecule has 0 saturated heterocycles. The first kappa shape index (κ1) is 16.7. The maximum Gasteiger partial charge on any atom is 0.153 e. The summed E-state index contributed by atoms with van der Waals surface area (Å²) in [5, 5.41) is 0.570. The molecular formula is C24H19ClO. The molecule has 128 valence electrons. The van der Waals surface area contributed by atoms with E-state index in [0.717, 1.165) is 22.4 Å². The van der Waals surface area contributed by atoms with E-state index in [1.165, 1.54) is 11.1 Å². The largest absolute Gasteiger partial charge is 0.455 e. The van der Waals surface area contributed by atoms with Gasteiger partial charge in [-0.25, -0.2) is 0 Å². The fraction of sp³-hybridized carbons (Fsp3) is 0.0833. The predicted molar refractivity (Wildman–Crippen MR) is 108 cm³/mol. The van der Waals surface area contributed by atoms with Crippen molar-refractivity contribution in [3.63, 3.8) is 0 Å².